The van der Waals surface area contributed by atoms with E-state index in [9.17, 15) is 4.79 Å². The third-order valence-electron chi connectivity index (χ3n) is 3.43. The average Bonchev–Trinajstić information content (AvgIpc) is 2.28. The monoisotopic (exact) mass is 227 g/mol. The van der Waals surface area contributed by atoms with Crippen molar-refractivity contribution in [1.82, 2.24) is 4.90 Å². The van der Waals surface area contributed by atoms with Gasteiger partial charge in [0, 0.05) is 25.6 Å². The maximum Gasteiger partial charge on any atom is 0.163 e. The zero-order chi connectivity index (χ0) is 12.1. The molecule has 0 radical (unpaired) electrons. The molecule has 2 atom stereocenters. The summed E-state index contributed by atoms with van der Waals surface area (Å²) in [6.45, 7) is 11.0. The number of carbonyl (C=O) groups is 1. The molecule has 94 valence electrons. The van der Waals surface area contributed by atoms with Gasteiger partial charge in [0.1, 0.15) is 6.10 Å². The van der Waals surface area contributed by atoms with Gasteiger partial charge >= 0.3 is 0 Å². The van der Waals surface area contributed by atoms with Gasteiger partial charge < -0.3 is 4.74 Å². The molecule has 3 heteroatoms. The molecule has 1 saturated heterocycles. The molecule has 1 rings (SSSR count). The Kier molecular flexibility index (Phi) is 5.42. The maximum atomic E-state index is 12.0. The Morgan fingerprint density at radius 2 is 2.12 bits per heavy atom. The molecule has 0 aliphatic carbocycles. The van der Waals surface area contributed by atoms with Crippen molar-refractivity contribution >= 4 is 5.78 Å². The minimum Gasteiger partial charge on any atom is -0.368 e. The summed E-state index contributed by atoms with van der Waals surface area (Å²) in [5.41, 5.74) is 0. The van der Waals surface area contributed by atoms with Gasteiger partial charge in [0.05, 0.1) is 6.61 Å². The molecule has 0 bridgehead atoms. The van der Waals surface area contributed by atoms with Gasteiger partial charge in [-0.25, -0.2) is 0 Å². The van der Waals surface area contributed by atoms with E-state index in [1.807, 2.05) is 0 Å². The zero-order valence-corrected chi connectivity index (χ0v) is 11.0. The smallest absolute Gasteiger partial charge is 0.163 e. The summed E-state index contributed by atoms with van der Waals surface area (Å²) in [5.74, 6) is 0.755. The van der Waals surface area contributed by atoms with Gasteiger partial charge in [-0.2, -0.15) is 0 Å². The molecule has 0 aromatic heterocycles. The molecule has 1 aliphatic heterocycles. The van der Waals surface area contributed by atoms with Crippen LogP contribution in [0.15, 0.2) is 0 Å². The van der Waals surface area contributed by atoms with Crippen LogP contribution < -0.4 is 0 Å². The van der Waals surface area contributed by atoms with Crippen LogP contribution in [0.5, 0.6) is 0 Å². The third kappa shape index (κ3) is 3.87. The van der Waals surface area contributed by atoms with E-state index in [4.69, 9.17) is 4.74 Å². The first-order valence-electron chi connectivity index (χ1n) is 6.43. The van der Waals surface area contributed by atoms with Crippen molar-refractivity contribution in [2.45, 2.75) is 52.7 Å². The summed E-state index contributed by atoms with van der Waals surface area (Å²) in [4.78, 5) is 14.3. The van der Waals surface area contributed by atoms with E-state index >= 15 is 0 Å². The predicted molar refractivity (Wildman–Crippen MR) is 65.5 cm³/mol. The average molecular weight is 227 g/mol. The quantitative estimate of drug-likeness (QED) is 0.720. The van der Waals surface area contributed by atoms with Gasteiger partial charge in [0.2, 0.25) is 0 Å². The summed E-state index contributed by atoms with van der Waals surface area (Å²) < 4.78 is 5.57. The van der Waals surface area contributed by atoms with Crippen molar-refractivity contribution in [3.8, 4) is 0 Å². The third-order valence-corrected chi connectivity index (χ3v) is 3.43. The van der Waals surface area contributed by atoms with Crippen LogP contribution in [0.3, 0.4) is 0 Å². The number of hydrogen-bond acceptors (Lipinski definition) is 3. The highest BCUT2D eigenvalue weighted by Gasteiger charge is 2.27. The van der Waals surface area contributed by atoms with E-state index in [1.165, 1.54) is 0 Å². The molecule has 1 aliphatic rings. The molecule has 1 heterocycles. The summed E-state index contributed by atoms with van der Waals surface area (Å²) in [6.07, 6.45) is 1.53. The van der Waals surface area contributed by atoms with E-state index in [0.717, 1.165) is 19.5 Å². The van der Waals surface area contributed by atoms with Crippen molar-refractivity contribution < 1.29 is 9.53 Å². The lowest BCUT2D eigenvalue weighted by Crippen LogP contribution is -2.48. The molecule has 2 unspecified atom stereocenters. The van der Waals surface area contributed by atoms with Crippen molar-refractivity contribution in [3.05, 3.63) is 0 Å². The van der Waals surface area contributed by atoms with Gasteiger partial charge in [0.25, 0.3) is 0 Å². The van der Waals surface area contributed by atoms with E-state index in [-0.39, 0.29) is 11.9 Å². The zero-order valence-electron chi connectivity index (χ0n) is 11.0. The lowest BCUT2D eigenvalue weighted by molar-refractivity contribution is -0.138. The minimum absolute atomic E-state index is 0.190. The standard InChI is InChI=1S/C13H25NO2/c1-5-11(4)8-12(15)13-9-14(10(2)3)6-7-16-13/h10-11,13H,5-9H2,1-4H3. The van der Waals surface area contributed by atoms with Crippen LogP contribution >= 0.6 is 0 Å². The number of ketones is 1. The molecule has 16 heavy (non-hydrogen) atoms. The minimum atomic E-state index is -0.190. The molecule has 1 fully saturated rings. The highest BCUT2D eigenvalue weighted by Crippen LogP contribution is 2.14. The Labute approximate surface area is 99.1 Å². The Bertz CT molecular complexity index is 228. The molecule has 0 saturated carbocycles. The SMILES string of the molecule is CCC(C)CC(=O)C1CN(C(C)C)CCO1. The fourth-order valence-corrected chi connectivity index (χ4v) is 1.95. The van der Waals surface area contributed by atoms with Crippen LogP contribution in [-0.2, 0) is 9.53 Å². The second-order valence-electron chi connectivity index (χ2n) is 5.13. The van der Waals surface area contributed by atoms with Crippen molar-refractivity contribution in [1.29, 1.82) is 0 Å². The second-order valence-corrected chi connectivity index (χ2v) is 5.13. The van der Waals surface area contributed by atoms with E-state index in [1.54, 1.807) is 0 Å². The first-order valence-corrected chi connectivity index (χ1v) is 6.43. The lowest BCUT2D eigenvalue weighted by Gasteiger charge is -2.35. The first-order chi connectivity index (χ1) is 7.54. The lowest BCUT2D eigenvalue weighted by atomic mass is 9.98. The molecule has 0 aromatic rings. The summed E-state index contributed by atoms with van der Waals surface area (Å²) in [7, 11) is 0. The number of morpholine rings is 1. The van der Waals surface area contributed by atoms with Gasteiger partial charge in [-0.15, -0.1) is 0 Å². The summed E-state index contributed by atoms with van der Waals surface area (Å²) >= 11 is 0. The Morgan fingerprint density at radius 3 is 2.69 bits per heavy atom. The van der Waals surface area contributed by atoms with Crippen molar-refractivity contribution in [2.75, 3.05) is 19.7 Å². The van der Waals surface area contributed by atoms with Gasteiger partial charge in [-0.05, 0) is 19.8 Å². The fourth-order valence-electron chi connectivity index (χ4n) is 1.95. The van der Waals surface area contributed by atoms with Crippen LogP contribution in [0.25, 0.3) is 0 Å². The largest absolute Gasteiger partial charge is 0.368 e. The number of hydrogen-bond donors (Lipinski definition) is 0. The topological polar surface area (TPSA) is 29.5 Å². The Balaban J connectivity index is 2.44. The number of Topliss-reactive ketones (excluding diaryl/α,β-unsaturated/α-hetero) is 1. The molecule has 0 spiro atoms. The Hall–Kier alpha value is -0.410. The maximum absolute atomic E-state index is 12.0. The first kappa shape index (κ1) is 13.7. The molecule has 0 amide bonds. The summed E-state index contributed by atoms with van der Waals surface area (Å²) in [5, 5.41) is 0. The van der Waals surface area contributed by atoms with Crippen molar-refractivity contribution in [3.63, 3.8) is 0 Å². The number of nitrogens with zero attached hydrogens (tertiary/aromatic N) is 1. The molecular weight excluding hydrogens is 202 g/mol. The molecule has 0 aromatic carbocycles. The van der Waals surface area contributed by atoms with Gasteiger partial charge in [-0.1, -0.05) is 20.3 Å². The summed E-state index contributed by atoms with van der Waals surface area (Å²) in [6, 6.07) is 0.503. The van der Waals surface area contributed by atoms with E-state index in [2.05, 4.69) is 32.6 Å². The van der Waals surface area contributed by atoms with Crippen LogP contribution in [0.1, 0.15) is 40.5 Å². The van der Waals surface area contributed by atoms with E-state index in [0.29, 0.717) is 25.0 Å². The van der Waals surface area contributed by atoms with Crippen LogP contribution in [0.2, 0.25) is 0 Å². The number of carbonyl (C=O) groups excluding carboxylic acids is 1. The number of rotatable bonds is 5. The van der Waals surface area contributed by atoms with Crippen LogP contribution in [0.4, 0.5) is 0 Å². The van der Waals surface area contributed by atoms with Crippen molar-refractivity contribution in [2.24, 2.45) is 5.92 Å². The molecule has 0 N–H and O–H groups in total. The Morgan fingerprint density at radius 1 is 1.44 bits per heavy atom. The van der Waals surface area contributed by atoms with Crippen LogP contribution in [0, 0.1) is 5.92 Å². The normalized spacial score (nSPS) is 24.7. The highest BCUT2D eigenvalue weighted by atomic mass is 16.5. The predicted octanol–water partition coefficient (Wildman–Crippen LogP) is 2.10. The van der Waals surface area contributed by atoms with Crippen LogP contribution in [-0.4, -0.2) is 42.5 Å². The fraction of sp³-hybridized carbons (Fsp3) is 0.923. The second kappa shape index (κ2) is 6.36. The molecular formula is C13H25NO2. The highest BCUT2D eigenvalue weighted by molar-refractivity contribution is 5.83. The van der Waals surface area contributed by atoms with Gasteiger partial charge in [0.15, 0.2) is 5.78 Å². The number of ether oxygens (including phenoxy) is 1. The van der Waals surface area contributed by atoms with E-state index < -0.39 is 0 Å². The molecule has 3 nitrogen and oxygen atoms in total. The van der Waals surface area contributed by atoms with Gasteiger partial charge in [-0.3, -0.25) is 9.69 Å².